The minimum atomic E-state index is -5.35. The number of halogens is 28. The lowest BCUT2D eigenvalue weighted by molar-refractivity contribution is 0.382. The van der Waals surface area contributed by atoms with E-state index in [0.29, 0.717) is 0 Å². The first kappa shape index (κ1) is 85.7. The third-order valence-electron chi connectivity index (χ3n) is 20.0. The predicted molar refractivity (Wildman–Crippen MR) is 349 cm³/mol. The van der Waals surface area contributed by atoms with Gasteiger partial charge in [-0.2, -0.15) is 9.03 Å². The van der Waals surface area contributed by atoms with Gasteiger partial charge in [0.05, 0.1) is 0 Å². The maximum atomic E-state index is 16.8. The Morgan fingerprint density at radius 2 is 0.363 bits per heavy atom. The second-order valence-corrected chi connectivity index (χ2v) is 45.6. The van der Waals surface area contributed by atoms with Crippen LogP contribution >= 0.6 is 28.7 Å². The van der Waals surface area contributed by atoms with Gasteiger partial charge in [0.15, 0.2) is 105 Å². The third-order valence-corrected chi connectivity index (χ3v) is 44.1. The Morgan fingerprint density at radius 1 is 0.225 bits per heavy atom. The molecule has 0 aliphatic carbocycles. The first-order valence-electron chi connectivity index (χ1n) is 32.0. The first-order valence-corrected chi connectivity index (χ1v) is 39.7. The number of unbranched alkanes of at least 4 members (excludes halogenated alkanes) is 3. The Hall–Kier alpha value is -5.19. The summed E-state index contributed by atoms with van der Waals surface area (Å²) < 4.78 is 448. The van der Waals surface area contributed by atoms with Gasteiger partial charge in [0.1, 0.15) is 58.2 Å². The van der Waals surface area contributed by atoms with Gasteiger partial charge in [-0.3, -0.25) is 0 Å². The summed E-state index contributed by atoms with van der Waals surface area (Å²) in [5.41, 5.74) is -22.6. The molecule has 6 aromatic rings. The van der Waals surface area contributed by atoms with Crippen molar-refractivity contribution in [1.29, 1.82) is 0 Å². The Morgan fingerprint density at radius 3 is 0.500 bits per heavy atom. The van der Waals surface area contributed by atoms with Crippen molar-refractivity contribution < 1.29 is 123 Å². The van der Waals surface area contributed by atoms with Crippen molar-refractivity contribution in [3.8, 4) is 0 Å². The van der Waals surface area contributed by atoms with Gasteiger partial charge >= 0.3 is 0 Å². The van der Waals surface area contributed by atoms with E-state index < -0.39 is 292 Å². The normalized spacial score (nSPS) is 16.3. The van der Waals surface area contributed by atoms with Crippen LogP contribution in [-0.4, -0.2) is 57.0 Å². The van der Waals surface area contributed by atoms with Crippen LogP contribution in [0.5, 0.6) is 0 Å². The van der Waals surface area contributed by atoms with Crippen molar-refractivity contribution in [3.63, 3.8) is 0 Å². The molecule has 8 rings (SSSR count). The lowest BCUT2D eigenvalue weighted by Crippen LogP contribution is -2.78. The van der Waals surface area contributed by atoms with Gasteiger partial charge in [-0.25, -0.2) is 123 Å². The average molecular weight is 1570 g/mol. The highest BCUT2D eigenvalue weighted by atomic mass is 31.2. The Balaban J connectivity index is 0.000000297. The molecule has 0 N–H and O–H groups in total. The molecule has 0 amide bonds. The first-order chi connectivity index (χ1) is 46.9. The summed E-state index contributed by atoms with van der Waals surface area (Å²) >= 11 is 0. The van der Waals surface area contributed by atoms with Crippen LogP contribution in [0.1, 0.15) is 150 Å². The maximum Gasteiger partial charge on any atom is 0.287 e. The highest BCUT2D eigenvalue weighted by Crippen LogP contribution is 2.84. The van der Waals surface area contributed by atoms with E-state index in [1.807, 2.05) is 0 Å². The molecular formula is C66H70B2F28N2P4. The number of hydrogen-bond acceptors (Lipinski definition) is 2. The molecule has 2 aliphatic rings. The lowest BCUT2D eigenvalue weighted by Gasteiger charge is -2.59. The lowest BCUT2D eigenvalue weighted by atomic mass is 9.33. The molecule has 0 atom stereocenters. The van der Waals surface area contributed by atoms with Crippen LogP contribution in [0.2, 0.25) is 0 Å². The Kier molecular flexibility index (Phi) is 25.4. The fraction of sp³-hybridized carbons (Fsp3) is 0.455. The molecule has 0 radical (unpaired) electrons. The summed E-state index contributed by atoms with van der Waals surface area (Å²) in [6.45, 7) is 25.0. The van der Waals surface area contributed by atoms with Gasteiger partial charge in [0, 0.05) is 47.4 Å². The van der Waals surface area contributed by atoms with Crippen molar-refractivity contribution >= 4 is 83.8 Å². The van der Waals surface area contributed by atoms with Gasteiger partial charge in [-0.15, -0.1) is 10.9 Å². The van der Waals surface area contributed by atoms with Crippen molar-refractivity contribution in [2.75, 3.05) is 0 Å². The molecule has 6 aromatic carbocycles. The van der Waals surface area contributed by atoms with E-state index in [2.05, 4.69) is 13.8 Å². The van der Waals surface area contributed by atoms with E-state index in [0.717, 1.165) is 0 Å². The van der Waals surface area contributed by atoms with Crippen molar-refractivity contribution in [1.82, 2.24) is 0 Å². The van der Waals surface area contributed by atoms with Gasteiger partial charge in [0.25, 0.3) is 11.7 Å². The van der Waals surface area contributed by atoms with E-state index in [4.69, 9.17) is 9.03 Å². The number of nitrogens with zero attached hydrogens (tertiary/aromatic N) is 2. The zero-order valence-corrected chi connectivity index (χ0v) is 61.4. The minimum absolute atomic E-state index is 1.01. The fourth-order valence-electron chi connectivity index (χ4n) is 16.1. The molecule has 2 aliphatic heterocycles. The quantitative estimate of drug-likeness (QED) is 0.0244. The van der Waals surface area contributed by atoms with E-state index in [1.54, 1.807) is 0 Å². The van der Waals surface area contributed by atoms with Crippen LogP contribution in [0.25, 0.3) is 0 Å². The standard InChI is InChI=1S/2C30H28BF14NP2.C6H14/c2*1-9(2)47(10(3)4)30-15(20(36)25(41)28(44)29(30)45)31(48(46-47,11(5)6)12(7)8,13-16(32)21(37)26(42)22(38)17(13)33)14-18(34)23(39)27(43)24(40)19(14)35;1-3-5-6-4-2/h2*9-12H,1-8H3;3-6H2,1-2H3. The summed E-state index contributed by atoms with van der Waals surface area (Å²) in [6.07, 6.45) is 5.54. The SMILES string of the molecule is CC(C)P1(C(C)C)=N[P+](C(C)C)(C(C)C)[B-](c2c(F)c(F)c(F)c(F)c2F)(c2c(F)c(F)c(F)c(F)c2F)c2c(F)c(F)c(F)c(F)c21.CC(C)P1(C(C)C)=N[P+](C(C)C)(C(C)C)[B-](c2c(F)c(F)c(F)c(F)c2F)(c2c(F)c(F)c(F)c(F)c2F)c2c(F)c(F)c(F)c(F)c21.CCCCCC. The third kappa shape index (κ3) is 11.6. The monoisotopic (exact) mass is 1570 g/mol. The Bertz CT molecular complexity index is 3910. The van der Waals surface area contributed by atoms with Gasteiger partial charge in [-0.1, -0.05) is 117 Å². The number of benzene rings is 6. The van der Waals surface area contributed by atoms with Gasteiger partial charge < -0.3 is 0 Å². The molecule has 102 heavy (non-hydrogen) atoms. The zero-order chi connectivity index (χ0) is 78.6. The summed E-state index contributed by atoms with van der Waals surface area (Å²) in [6, 6.07) is 0. The summed E-state index contributed by atoms with van der Waals surface area (Å²) in [7, 11) is -17.7. The van der Waals surface area contributed by atoms with Gasteiger partial charge in [-0.05, 0) is 92.6 Å². The molecule has 2 nitrogen and oxygen atoms in total. The summed E-state index contributed by atoms with van der Waals surface area (Å²) in [4.78, 5) is 0. The number of hydrogen-bond donors (Lipinski definition) is 0. The fourth-order valence-corrected chi connectivity index (χ4v) is 45.4. The molecule has 0 aromatic heterocycles. The number of rotatable bonds is 15. The van der Waals surface area contributed by atoms with Crippen molar-refractivity contribution in [2.24, 2.45) is 9.03 Å². The summed E-state index contributed by atoms with van der Waals surface area (Å²) in [5.74, 6) is -87.8. The van der Waals surface area contributed by atoms with E-state index in [9.17, 15) is 17.6 Å². The van der Waals surface area contributed by atoms with Gasteiger partial charge in [0.2, 0.25) is 0 Å². The summed E-state index contributed by atoms with van der Waals surface area (Å²) in [5, 5.41) is -2.65. The largest absolute Gasteiger partial charge is 0.287 e. The number of fused-ring (bicyclic) bond motifs is 2. The van der Waals surface area contributed by atoms with Crippen molar-refractivity contribution in [2.45, 2.75) is 196 Å². The van der Waals surface area contributed by atoms with Crippen LogP contribution in [0.3, 0.4) is 0 Å². The van der Waals surface area contributed by atoms with E-state index >= 15 is 105 Å². The van der Waals surface area contributed by atoms with Crippen LogP contribution in [0.15, 0.2) is 9.03 Å². The van der Waals surface area contributed by atoms with E-state index in [1.165, 1.54) is 136 Å². The molecule has 0 bridgehead atoms. The highest BCUT2D eigenvalue weighted by molar-refractivity contribution is 8.17. The smallest absolute Gasteiger partial charge is 0.207 e. The molecule has 0 saturated carbocycles. The van der Waals surface area contributed by atoms with Crippen molar-refractivity contribution in [3.05, 3.63) is 163 Å². The van der Waals surface area contributed by atoms with Crippen LogP contribution in [0.4, 0.5) is 123 Å². The Labute approximate surface area is 572 Å². The molecule has 36 heteroatoms. The van der Waals surface area contributed by atoms with Crippen LogP contribution in [-0.2, 0) is 0 Å². The molecular weight excluding hydrogens is 1500 g/mol. The minimum Gasteiger partial charge on any atom is -0.207 e. The second-order valence-electron chi connectivity index (χ2n) is 27.3. The molecule has 0 spiro atoms. The molecule has 2 heterocycles. The highest BCUT2D eigenvalue weighted by Gasteiger charge is 2.73. The maximum absolute atomic E-state index is 16.8. The molecule has 566 valence electrons. The average Bonchev–Trinajstić information content (AvgIpc) is 0.656. The zero-order valence-electron chi connectivity index (χ0n) is 57.9. The second kappa shape index (κ2) is 30.2. The topological polar surface area (TPSA) is 24.7 Å². The predicted octanol–water partition coefficient (Wildman–Crippen LogP) is 20.6. The molecule has 0 unspecified atom stereocenters. The van der Waals surface area contributed by atoms with E-state index in [-0.39, 0.29) is 0 Å². The molecule has 0 fully saturated rings. The molecule has 0 saturated heterocycles. The van der Waals surface area contributed by atoms with Crippen LogP contribution < -0.4 is 43.4 Å². The van der Waals surface area contributed by atoms with Crippen LogP contribution in [0, 0.1) is 163 Å².